The molecule has 218 valence electrons. The fourth-order valence-electron chi connectivity index (χ4n) is 6.72. The van der Waals surface area contributed by atoms with Gasteiger partial charge in [0.2, 0.25) is 11.9 Å². The SMILES string of the molecule is Cc1ccc(N(c2cccc3c2c2ccccc2n3-c2ncccn2)c2cccc3c2c2ccccc2n3-c2ncccn2)cc1. The molecule has 0 N–H and O–H groups in total. The normalized spacial score (nSPS) is 11.6. The molecule has 0 fully saturated rings. The van der Waals surface area contributed by atoms with Crippen LogP contribution in [0.4, 0.5) is 17.1 Å². The van der Waals surface area contributed by atoms with Crippen molar-refractivity contribution in [3.8, 4) is 11.9 Å². The third kappa shape index (κ3) is 3.92. The lowest BCUT2D eigenvalue weighted by atomic mass is 10.0. The summed E-state index contributed by atoms with van der Waals surface area (Å²) in [5.41, 5.74) is 8.57. The van der Waals surface area contributed by atoms with Gasteiger partial charge in [0, 0.05) is 52.0 Å². The quantitative estimate of drug-likeness (QED) is 0.199. The first kappa shape index (κ1) is 26.1. The maximum Gasteiger partial charge on any atom is 0.234 e. The van der Waals surface area contributed by atoms with Crippen molar-refractivity contribution in [1.82, 2.24) is 29.1 Å². The van der Waals surface area contributed by atoms with Gasteiger partial charge in [0.25, 0.3) is 0 Å². The number of aromatic nitrogens is 6. The van der Waals surface area contributed by atoms with Gasteiger partial charge < -0.3 is 4.90 Å². The summed E-state index contributed by atoms with van der Waals surface area (Å²) in [5.74, 6) is 1.28. The summed E-state index contributed by atoms with van der Waals surface area (Å²) >= 11 is 0. The highest BCUT2D eigenvalue weighted by Crippen LogP contribution is 2.47. The van der Waals surface area contributed by atoms with Crippen LogP contribution in [0.15, 0.2) is 146 Å². The molecule has 4 heterocycles. The number of aryl methyl sites for hydroxylation is 1. The number of anilines is 3. The standard InChI is InChI=1S/C39H27N7/c1-26-18-20-27(21-19-26)44(32-14-6-16-34-36(32)28-10-2-4-12-30(28)45(34)38-40-22-8-23-41-38)33-15-7-17-35-37(33)29-11-3-5-13-31(29)46(35)39-42-24-9-25-43-39/h2-25H,1H3. The Kier molecular flexibility index (Phi) is 5.89. The van der Waals surface area contributed by atoms with E-state index in [1.807, 2.05) is 12.1 Å². The van der Waals surface area contributed by atoms with Gasteiger partial charge in [-0.1, -0.05) is 66.2 Å². The minimum Gasteiger partial charge on any atom is -0.309 e. The molecule has 0 bridgehead atoms. The topological polar surface area (TPSA) is 64.7 Å². The highest BCUT2D eigenvalue weighted by Gasteiger charge is 2.25. The molecule has 0 unspecified atom stereocenters. The number of para-hydroxylation sites is 2. The van der Waals surface area contributed by atoms with Crippen molar-refractivity contribution in [2.75, 3.05) is 4.90 Å². The second-order valence-electron chi connectivity index (χ2n) is 11.3. The Morgan fingerprint density at radius 1 is 0.435 bits per heavy atom. The zero-order chi connectivity index (χ0) is 30.6. The number of hydrogen-bond donors (Lipinski definition) is 0. The molecule has 0 saturated heterocycles. The molecule has 0 saturated carbocycles. The molecule has 5 aromatic carbocycles. The molecule has 7 heteroatoms. The lowest BCUT2D eigenvalue weighted by Crippen LogP contribution is -2.11. The van der Waals surface area contributed by atoms with Crippen molar-refractivity contribution in [2.24, 2.45) is 0 Å². The van der Waals surface area contributed by atoms with E-state index in [1.54, 1.807) is 24.8 Å². The molecule has 0 aliphatic heterocycles. The second-order valence-corrected chi connectivity index (χ2v) is 11.3. The summed E-state index contributed by atoms with van der Waals surface area (Å²) in [4.78, 5) is 21.0. The molecule has 0 amide bonds. The maximum atomic E-state index is 4.65. The summed E-state index contributed by atoms with van der Waals surface area (Å²) in [6.07, 6.45) is 7.16. The summed E-state index contributed by atoms with van der Waals surface area (Å²) < 4.78 is 4.31. The number of hydrogen-bond acceptors (Lipinski definition) is 5. The van der Waals surface area contributed by atoms with Crippen LogP contribution in [0, 0.1) is 6.92 Å². The first-order chi connectivity index (χ1) is 22.8. The lowest BCUT2D eigenvalue weighted by Gasteiger charge is -2.27. The van der Waals surface area contributed by atoms with E-state index in [4.69, 9.17) is 0 Å². The van der Waals surface area contributed by atoms with Gasteiger partial charge in [-0.25, -0.2) is 19.9 Å². The first-order valence-electron chi connectivity index (χ1n) is 15.2. The summed E-state index contributed by atoms with van der Waals surface area (Å²) in [6, 6.07) is 42.4. The van der Waals surface area contributed by atoms with E-state index in [0.29, 0.717) is 11.9 Å². The minimum absolute atomic E-state index is 0.640. The molecule has 9 rings (SSSR count). The largest absolute Gasteiger partial charge is 0.309 e. The summed E-state index contributed by atoms with van der Waals surface area (Å²) in [6.45, 7) is 2.12. The van der Waals surface area contributed by atoms with Crippen LogP contribution in [0.3, 0.4) is 0 Å². The van der Waals surface area contributed by atoms with Gasteiger partial charge >= 0.3 is 0 Å². The molecule has 0 atom stereocenters. The average Bonchev–Trinajstić information content (AvgIpc) is 3.64. The average molecular weight is 594 g/mol. The zero-order valence-corrected chi connectivity index (χ0v) is 25.0. The molecular formula is C39H27N7. The second kappa shape index (κ2) is 10.4. The van der Waals surface area contributed by atoms with E-state index in [1.165, 1.54) is 5.56 Å². The van der Waals surface area contributed by atoms with Crippen LogP contribution < -0.4 is 4.90 Å². The molecule has 4 aromatic heterocycles. The molecule has 0 aliphatic carbocycles. The smallest absolute Gasteiger partial charge is 0.234 e. The number of nitrogens with zero attached hydrogens (tertiary/aromatic N) is 7. The van der Waals surface area contributed by atoms with Crippen molar-refractivity contribution >= 4 is 60.7 Å². The number of rotatable bonds is 5. The molecular weight excluding hydrogens is 566 g/mol. The summed E-state index contributed by atoms with van der Waals surface area (Å²) in [5, 5.41) is 4.51. The molecule has 9 aromatic rings. The molecule has 7 nitrogen and oxygen atoms in total. The zero-order valence-electron chi connectivity index (χ0n) is 25.0. The van der Waals surface area contributed by atoms with Crippen LogP contribution in [-0.2, 0) is 0 Å². The van der Waals surface area contributed by atoms with Crippen LogP contribution >= 0.6 is 0 Å². The first-order valence-corrected chi connectivity index (χ1v) is 15.2. The van der Waals surface area contributed by atoms with E-state index >= 15 is 0 Å². The molecule has 46 heavy (non-hydrogen) atoms. The third-order valence-corrected chi connectivity index (χ3v) is 8.63. The van der Waals surface area contributed by atoms with Crippen molar-refractivity contribution in [2.45, 2.75) is 6.92 Å². The number of fused-ring (bicyclic) bond motifs is 6. The predicted octanol–water partition coefficient (Wildman–Crippen LogP) is 9.24. The van der Waals surface area contributed by atoms with Crippen molar-refractivity contribution in [3.63, 3.8) is 0 Å². The van der Waals surface area contributed by atoms with Crippen LogP contribution in [0.2, 0.25) is 0 Å². The van der Waals surface area contributed by atoms with E-state index in [9.17, 15) is 0 Å². The van der Waals surface area contributed by atoms with Gasteiger partial charge in [-0.15, -0.1) is 0 Å². The van der Waals surface area contributed by atoms with E-state index < -0.39 is 0 Å². The van der Waals surface area contributed by atoms with Crippen LogP contribution in [0.1, 0.15) is 5.56 Å². The number of benzene rings is 5. The van der Waals surface area contributed by atoms with E-state index in [2.05, 4.69) is 150 Å². The van der Waals surface area contributed by atoms with Crippen LogP contribution in [0.5, 0.6) is 0 Å². The predicted molar refractivity (Wildman–Crippen MR) is 186 cm³/mol. The Balaban J connectivity index is 1.42. The van der Waals surface area contributed by atoms with Gasteiger partial charge in [-0.2, -0.15) is 0 Å². The fourth-order valence-corrected chi connectivity index (χ4v) is 6.72. The Morgan fingerprint density at radius 2 is 0.870 bits per heavy atom. The van der Waals surface area contributed by atoms with E-state index in [0.717, 1.165) is 60.7 Å². The Morgan fingerprint density at radius 3 is 1.35 bits per heavy atom. The van der Waals surface area contributed by atoms with Crippen LogP contribution in [0.25, 0.3) is 55.5 Å². The Bertz CT molecular complexity index is 2380. The van der Waals surface area contributed by atoms with Gasteiger partial charge in [0.15, 0.2) is 0 Å². The van der Waals surface area contributed by atoms with Gasteiger partial charge in [0.1, 0.15) is 0 Å². The molecule has 0 radical (unpaired) electrons. The minimum atomic E-state index is 0.640. The maximum absolute atomic E-state index is 4.65. The highest BCUT2D eigenvalue weighted by atomic mass is 15.2. The lowest BCUT2D eigenvalue weighted by molar-refractivity contribution is 0.988. The molecule has 0 spiro atoms. The van der Waals surface area contributed by atoms with Gasteiger partial charge in [0.05, 0.1) is 33.4 Å². The Labute approximate surface area is 264 Å². The highest BCUT2D eigenvalue weighted by molar-refractivity contribution is 6.20. The third-order valence-electron chi connectivity index (χ3n) is 8.63. The van der Waals surface area contributed by atoms with Crippen molar-refractivity contribution in [1.29, 1.82) is 0 Å². The molecule has 0 aliphatic rings. The van der Waals surface area contributed by atoms with E-state index in [-0.39, 0.29) is 0 Å². The van der Waals surface area contributed by atoms with Crippen molar-refractivity contribution in [3.05, 3.63) is 152 Å². The fraction of sp³-hybridized carbons (Fsp3) is 0.0256. The summed E-state index contributed by atoms with van der Waals surface area (Å²) in [7, 11) is 0. The monoisotopic (exact) mass is 593 g/mol. The van der Waals surface area contributed by atoms with Gasteiger partial charge in [-0.3, -0.25) is 9.13 Å². The van der Waals surface area contributed by atoms with Crippen LogP contribution in [-0.4, -0.2) is 29.1 Å². The Hall–Kier alpha value is -6.34. The van der Waals surface area contributed by atoms with Gasteiger partial charge in [-0.05, 0) is 67.6 Å². The van der Waals surface area contributed by atoms with Crippen molar-refractivity contribution < 1.29 is 0 Å².